The number of hydrogen-bond donors (Lipinski definition) is 0. The van der Waals surface area contributed by atoms with Gasteiger partial charge in [-0.1, -0.05) is 27.2 Å². The summed E-state index contributed by atoms with van der Waals surface area (Å²) in [6.07, 6.45) is 6.79. The van der Waals surface area contributed by atoms with Gasteiger partial charge in [0, 0.05) is 38.3 Å². The van der Waals surface area contributed by atoms with E-state index in [-0.39, 0.29) is 11.3 Å². The third-order valence-electron chi connectivity index (χ3n) is 5.27. The number of anilines is 1. The molecule has 0 spiro atoms. The maximum Gasteiger partial charge on any atom is 0.223 e. The van der Waals surface area contributed by atoms with E-state index in [2.05, 4.69) is 40.7 Å². The fraction of sp³-hybridized carbons (Fsp3) is 0.579. The van der Waals surface area contributed by atoms with E-state index in [9.17, 15) is 4.79 Å². The van der Waals surface area contributed by atoms with Gasteiger partial charge in [0.15, 0.2) is 0 Å². The van der Waals surface area contributed by atoms with Crippen LogP contribution in [0.25, 0.3) is 0 Å². The predicted molar refractivity (Wildman–Crippen MR) is 100 cm³/mol. The van der Waals surface area contributed by atoms with E-state index >= 15 is 0 Å². The standard InChI is InChI=1S/C19H28N6O/c1-5-19(2,3)10-18(26)23(4)12-15-11-22-25-9-8-24(13-16(15)25)17-6-7-20-14-21-17/h6-7,11,14H,5,8-10,12-13H2,1-4H3. The zero-order chi connectivity index (χ0) is 18.7. The molecular formula is C19H28N6O. The number of hydrogen-bond acceptors (Lipinski definition) is 5. The molecule has 7 nitrogen and oxygen atoms in total. The molecule has 3 rings (SSSR count). The van der Waals surface area contributed by atoms with Crippen molar-refractivity contribution in [2.75, 3.05) is 18.5 Å². The summed E-state index contributed by atoms with van der Waals surface area (Å²) < 4.78 is 2.04. The van der Waals surface area contributed by atoms with E-state index in [1.165, 1.54) is 0 Å². The Morgan fingerprint density at radius 2 is 2.15 bits per heavy atom. The second-order valence-electron chi connectivity index (χ2n) is 7.77. The van der Waals surface area contributed by atoms with Gasteiger partial charge in [-0.05, 0) is 11.5 Å². The molecule has 1 aliphatic heterocycles. The highest BCUT2D eigenvalue weighted by atomic mass is 16.2. The lowest BCUT2D eigenvalue weighted by Crippen LogP contribution is -2.35. The average Bonchev–Trinajstić information content (AvgIpc) is 3.04. The topological polar surface area (TPSA) is 67.2 Å². The van der Waals surface area contributed by atoms with Crippen molar-refractivity contribution in [3.8, 4) is 0 Å². The average molecular weight is 356 g/mol. The molecule has 0 saturated carbocycles. The number of amides is 1. The Bertz CT molecular complexity index is 755. The Morgan fingerprint density at radius 1 is 1.35 bits per heavy atom. The lowest BCUT2D eigenvalue weighted by Gasteiger charge is -2.30. The number of carbonyl (C=O) groups excluding carboxylic acids is 1. The summed E-state index contributed by atoms with van der Waals surface area (Å²) in [6.45, 7) is 9.42. The van der Waals surface area contributed by atoms with E-state index in [1.807, 2.05) is 28.9 Å². The lowest BCUT2D eigenvalue weighted by molar-refractivity contribution is -0.132. The summed E-state index contributed by atoms with van der Waals surface area (Å²) in [5.41, 5.74) is 2.30. The maximum absolute atomic E-state index is 12.6. The molecule has 26 heavy (non-hydrogen) atoms. The molecule has 2 aromatic heterocycles. The monoisotopic (exact) mass is 356 g/mol. The first-order valence-electron chi connectivity index (χ1n) is 9.18. The smallest absolute Gasteiger partial charge is 0.223 e. The van der Waals surface area contributed by atoms with Gasteiger partial charge < -0.3 is 9.80 Å². The number of aromatic nitrogens is 4. The van der Waals surface area contributed by atoms with Gasteiger partial charge >= 0.3 is 0 Å². The van der Waals surface area contributed by atoms with Gasteiger partial charge in [0.2, 0.25) is 5.91 Å². The highest BCUT2D eigenvalue weighted by Gasteiger charge is 2.25. The first-order valence-corrected chi connectivity index (χ1v) is 9.18. The SMILES string of the molecule is CCC(C)(C)CC(=O)N(C)Cc1cnn2c1CN(c1ccncn1)CC2. The Balaban J connectivity index is 1.70. The Hall–Kier alpha value is -2.44. The van der Waals surface area contributed by atoms with Gasteiger partial charge in [0.25, 0.3) is 0 Å². The van der Waals surface area contributed by atoms with Crippen molar-refractivity contribution in [2.24, 2.45) is 5.41 Å². The molecule has 0 radical (unpaired) electrons. The molecule has 7 heteroatoms. The molecule has 0 aromatic carbocycles. The largest absolute Gasteiger partial charge is 0.349 e. The normalized spacial score (nSPS) is 14.2. The van der Waals surface area contributed by atoms with Crippen molar-refractivity contribution in [3.63, 3.8) is 0 Å². The molecule has 0 unspecified atom stereocenters. The highest BCUT2D eigenvalue weighted by molar-refractivity contribution is 5.76. The summed E-state index contributed by atoms with van der Waals surface area (Å²) >= 11 is 0. The van der Waals surface area contributed by atoms with Crippen LogP contribution in [0.3, 0.4) is 0 Å². The van der Waals surface area contributed by atoms with Gasteiger partial charge in [-0.2, -0.15) is 5.10 Å². The summed E-state index contributed by atoms with van der Waals surface area (Å²) in [6, 6.07) is 1.92. The molecule has 0 atom stereocenters. The second-order valence-corrected chi connectivity index (χ2v) is 7.77. The summed E-state index contributed by atoms with van der Waals surface area (Å²) in [5.74, 6) is 1.10. The molecule has 1 amide bonds. The van der Waals surface area contributed by atoms with Crippen molar-refractivity contribution in [1.29, 1.82) is 0 Å². The third-order valence-corrected chi connectivity index (χ3v) is 5.27. The lowest BCUT2D eigenvalue weighted by atomic mass is 9.86. The second kappa shape index (κ2) is 7.43. The minimum atomic E-state index is 0.0353. The zero-order valence-corrected chi connectivity index (χ0v) is 16.1. The van der Waals surface area contributed by atoms with Crippen LogP contribution in [0.4, 0.5) is 5.82 Å². The van der Waals surface area contributed by atoms with Crippen LogP contribution in [0.15, 0.2) is 24.8 Å². The molecule has 0 saturated heterocycles. The molecular weight excluding hydrogens is 328 g/mol. The summed E-state index contributed by atoms with van der Waals surface area (Å²) in [5, 5.41) is 4.51. The van der Waals surface area contributed by atoms with E-state index in [1.54, 1.807) is 12.5 Å². The first kappa shape index (κ1) is 18.4. The number of carbonyl (C=O) groups is 1. The van der Waals surface area contributed by atoms with Crippen LogP contribution in [0.5, 0.6) is 0 Å². The van der Waals surface area contributed by atoms with Gasteiger partial charge in [-0.15, -0.1) is 0 Å². The minimum Gasteiger partial charge on any atom is -0.349 e. The van der Waals surface area contributed by atoms with Crippen LogP contribution in [0, 0.1) is 5.41 Å². The molecule has 3 heterocycles. The van der Waals surface area contributed by atoms with Crippen LogP contribution in [0.2, 0.25) is 0 Å². The fourth-order valence-electron chi connectivity index (χ4n) is 3.11. The van der Waals surface area contributed by atoms with Gasteiger partial charge in [-0.3, -0.25) is 9.48 Å². The molecule has 0 bridgehead atoms. The fourth-order valence-corrected chi connectivity index (χ4v) is 3.11. The van der Waals surface area contributed by atoms with Gasteiger partial charge in [-0.25, -0.2) is 9.97 Å². The molecule has 1 aliphatic rings. The molecule has 0 fully saturated rings. The van der Waals surface area contributed by atoms with E-state index in [4.69, 9.17) is 0 Å². The Labute approximate surface area is 155 Å². The summed E-state index contributed by atoms with van der Waals surface area (Å²) in [7, 11) is 1.88. The summed E-state index contributed by atoms with van der Waals surface area (Å²) in [4.78, 5) is 25.0. The van der Waals surface area contributed by atoms with E-state index < -0.39 is 0 Å². The molecule has 0 N–H and O–H groups in total. The number of fused-ring (bicyclic) bond motifs is 1. The first-order chi connectivity index (χ1) is 12.4. The number of rotatable bonds is 6. The predicted octanol–water partition coefficient (Wildman–Crippen LogP) is 2.48. The van der Waals surface area contributed by atoms with Crippen molar-refractivity contribution >= 4 is 11.7 Å². The van der Waals surface area contributed by atoms with Gasteiger partial charge in [0.05, 0.1) is 25.0 Å². The molecule has 140 valence electrons. The van der Waals surface area contributed by atoms with E-state index in [0.29, 0.717) is 13.0 Å². The van der Waals surface area contributed by atoms with Crippen molar-refractivity contribution in [1.82, 2.24) is 24.6 Å². The van der Waals surface area contributed by atoms with E-state index in [0.717, 1.165) is 43.1 Å². The van der Waals surface area contributed by atoms with Crippen molar-refractivity contribution < 1.29 is 4.79 Å². The maximum atomic E-state index is 12.6. The van der Waals surface area contributed by atoms with Crippen LogP contribution in [-0.4, -0.2) is 44.1 Å². The third kappa shape index (κ3) is 4.03. The minimum absolute atomic E-state index is 0.0353. The number of nitrogens with zero attached hydrogens (tertiary/aromatic N) is 6. The molecule has 0 aliphatic carbocycles. The highest BCUT2D eigenvalue weighted by Crippen LogP contribution is 2.26. The van der Waals surface area contributed by atoms with Crippen molar-refractivity contribution in [2.45, 2.75) is 53.2 Å². The Morgan fingerprint density at radius 3 is 2.85 bits per heavy atom. The van der Waals surface area contributed by atoms with Crippen LogP contribution in [-0.2, 0) is 24.4 Å². The van der Waals surface area contributed by atoms with Crippen LogP contribution >= 0.6 is 0 Å². The van der Waals surface area contributed by atoms with Crippen molar-refractivity contribution in [3.05, 3.63) is 36.0 Å². The zero-order valence-electron chi connectivity index (χ0n) is 16.1. The molecule has 2 aromatic rings. The van der Waals surface area contributed by atoms with Gasteiger partial charge in [0.1, 0.15) is 12.1 Å². The Kier molecular flexibility index (Phi) is 5.25. The van der Waals surface area contributed by atoms with Crippen LogP contribution in [0.1, 0.15) is 44.9 Å². The quantitative estimate of drug-likeness (QED) is 0.795. The van der Waals surface area contributed by atoms with Crippen LogP contribution < -0.4 is 4.90 Å².